The van der Waals surface area contributed by atoms with Crippen molar-refractivity contribution in [1.29, 1.82) is 0 Å². The van der Waals surface area contributed by atoms with Crippen molar-refractivity contribution in [2.24, 2.45) is 0 Å². The van der Waals surface area contributed by atoms with E-state index in [-0.39, 0.29) is 5.97 Å². The first kappa shape index (κ1) is 21.0. The Kier molecular flexibility index (Phi) is 5.71. The fourth-order valence-electron chi connectivity index (χ4n) is 3.44. The fraction of sp³-hybridized carbons (Fsp3) is 0.208. The third kappa shape index (κ3) is 3.88. The molecule has 0 amide bonds. The van der Waals surface area contributed by atoms with Crippen LogP contribution in [0.1, 0.15) is 31.1 Å². The van der Waals surface area contributed by atoms with Crippen LogP contribution in [0.15, 0.2) is 84.9 Å². The van der Waals surface area contributed by atoms with Crippen LogP contribution in [0.25, 0.3) is 0 Å². The third-order valence-electron chi connectivity index (χ3n) is 4.84. The van der Waals surface area contributed by atoms with E-state index < -0.39 is 9.85 Å². The van der Waals surface area contributed by atoms with Gasteiger partial charge in [-0.2, -0.15) is 0 Å². The summed E-state index contributed by atoms with van der Waals surface area (Å²) in [5.74, 6) is -0.275. The van der Waals surface area contributed by atoms with E-state index in [0.717, 1.165) is 5.30 Å². The second kappa shape index (κ2) is 7.61. The minimum absolute atomic E-state index is 0.275. The van der Waals surface area contributed by atoms with Crippen LogP contribution in [-0.4, -0.2) is 18.2 Å². The molecule has 0 aliphatic heterocycles. The number of ether oxygens (including phenoxy) is 1. The molecule has 4 heteroatoms. The molecule has 0 heterocycles. The van der Waals surface area contributed by atoms with Gasteiger partial charge in [-0.05, 0) is 0 Å². The molecule has 0 bridgehead atoms. The Hall–Kier alpha value is -1.71. The standard InChI is InChI=1S/C24H26IO2P/c1-24(2,3)27-23(26)21-17-11-12-18-22(21)28(4,25,19-13-7-5-8-14-19)20-15-9-6-10-16-20/h5-18H,1-4H3. The van der Waals surface area contributed by atoms with Crippen molar-refractivity contribution >= 4 is 48.2 Å². The Balaban J connectivity index is 2.32. The van der Waals surface area contributed by atoms with Crippen molar-refractivity contribution in [3.05, 3.63) is 90.5 Å². The Bertz CT molecular complexity index is 933. The molecule has 0 unspecified atom stereocenters. The van der Waals surface area contributed by atoms with E-state index in [4.69, 9.17) is 4.74 Å². The summed E-state index contributed by atoms with van der Waals surface area (Å²) in [4.78, 5) is 13.1. The van der Waals surface area contributed by atoms with E-state index in [2.05, 4.69) is 83.3 Å². The van der Waals surface area contributed by atoms with Crippen molar-refractivity contribution < 1.29 is 9.53 Å². The van der Waals surface area contributed by atoms with Gasteiger partial charge in [-0.25, -0.2) is 0 Å². The first-order valence-electron chi connectivity index (χ1n) is 9.30. The first-order chi connectivity index (χ1) is 13.1. The molecule has 3 aromatic rings. The van der Waals surface area contributed by atoms with Gasteiger partial charge in [0.05, 0.1) is 0 Å². The molecule has 146 valence electrons. The van der Waals surface area contributed by atoms with Crippen LogP contribution in [0, 0.1) is 0 Å². The molecule has 0 aliphatic carbocycles. The van der Waals surface area contributed by atoms with Gasteiger partial charge in [0.25, 0.3) is 0 Å². The summed E-state index contributed by atoms with van der Waals surface area (Å²) in [5.41, 5.74) is 0.0961. The van der Waals surface area contributed by atoms with Crippen LogP contribution in [0.2, 0.25) is 0 Å². The van der Waals surface area contributed by atoms with Crippen molar-refractivity contribution in [3.8, 4) is 0 Å². The molecule has 0 N–H and O–H groups in total. The molecule has 0 atom stereocenters. The summed E-state index contributed by atoms with van der Waals surface area (Å²) in [6.07, 6.45) is 0. The number of esters is 1. The van der Waals surface area contributed by atoms with Crippen molar-refractivity contribution in [2.75, 3.05) is 6.66 Å². The predicted octanol–water partition coefficient (Wildman–Crippen LogP) is 5.45. The van der Waals surface area contributed by atoms with Crippen LogP contribution >= 0.6 is 26.3 Å². The van der Waals surface area contributed by atoms with E-state index in [0.29, 0.717) is 5.56 Å². The topological polar surface area (TPSA) is 26.3 Å². The number of rotatable bonds is 4. The van der Waals surface area contributed by atoms with Gasteiger partial charge in [0.1, 0.15) is 0 Å². The third-order valence-corrected chi connectivity index (χ3v) is 14.3. The zero-order chi connectivity index (χ0) is 20.4. The molecular formula is C24H26IO2P. The van der Waals surface area contributed by atoms with Gasteiger partial charge in [0, 0.05) is 0 Å². The van der Waals surface area contributed by atoms with Crippen LogP contribution in [0.3, 0.4) is 0 Å². The van der Waals surface area contributed by atoms with Gasteiger partial charge >= 0.3 is 181 Å². The zero-order valence-electron chi connectivity index (χ0n) is 16.7. The van der Waals surface area contributed by atoms with Crippen LogP contribution < -0.4 is 15.9 Å². The number of halogens is 1. The zero-order valence-corrected chi connectivity index (χ0v) is 19.8. The minimum atomic E-state index is -2.90. The summed E-state index contributed by atoms with van der Waals surface area (Å²) < 4.78 is 2.86. The Morgan fingerprint density at radius 3 is 1.68 bits per heavy atom. The van der Waals surface area contributed by atoms with Crippen molar-refractivity contribution in [2.45, 2.75) is 26.4 Å². The van der Waals surface area contributed by atoms with Gasteiger partial charge in [-0.1, -0.05) is 0 Å². The maximum absolute atomic E-state index is 13.1. The van der Waals surface area contributed by atoms with E-state index in [9.17, 15) is 4.79 Å². The van der Waals surface area contributed by atoms with Crippen LogP contribution in [0.4, 0.5) is 0 Å². The van der Waals surface area contributed by atoms with Crippen molar-refractivity contribution in [1.82, 2.24) is 0 Å². The normalized spacial score (nSPS) is 13.4. The number of hydrogen-bond donors (Lipinski definition) is 0. The molecule has 0 fully saturated rings. The Morgan fingerprint density at radius 2 is 1.21 bits per heavy atom. The Morgan fingerprint density at radius 1 is 0.786 bits per heavy atom. The predicted molar refractivity (Wildman–Crippen MR) is 130 cm³/mol. The first-order valence-corrected chi connectivity index (χ1v) is 14.8. The second-order valence-electron chi connectivity index (χ2n) is 8.12. The van der Waals surface area contributed by atoms with Gasteiger partial charge in [0.15, 0.2) is 0 Å². The quantitative estimate of drug-likeness (QED) is 0.268. The van der Waals surface area contributed by atoms with Crippen LogP contribution in [0.5, 0.6) is 0 Å². The van der Waals surface area contributed by atoms with Crippen molar-refractivity contribution in [3.63, 3.8) is 0 Å². The van der Waals surface area contributed by atoms with Gasteiger partial charge < -0.3 is 0 Å². The van der Waals surface area contributed by atoms with E-state index in [1.807, 2.05) is 51.1 Å². The van der Waals surface area contributed by atoms with E-state index in [1.165, 1.54) is 10.6 Å². The average Bonchev–Trinajstić information content (AvgIpc) is 2.68. The summed E-state index contributed by atoms with van der Waals surface area (Å²) in [6.45, 7) is 8.01. The number of carbonyl (C=O) groups is 1. The molecule has 0 saturated heterocycles. The molecule has 28 heavy (non-hydrogen) atoms. The molecule has 0 radical (unpaired) electrons. The molecule has 0 spiro atoms. The fourth-order valence-corrected chi connectivity index (χ4v) is 10.4. The average molecular weight is 504 g/mol. The molecule has 0 aromatic heterocycles. The molecule has 0 saturated carbocycles. The number of hydrogen-bond acceptors (Lipinski definition) is 2. The van der Waals surface area contributed by atoms with Gasteiger partial charge in [0.2, 0.25) is 0 Å². The van der Waals surface area contributed by atoms with Crippen LogP contribution in [-0.2, 0) is 4.74 Å². The maximum atomic E-state index is 13.1. The van der Waals surface area contributed by atoms with Gasteiger partial charge in [-0.3, -0.25) is 0 Å². The summed E-state index contributed by atoms with van der Waals surface area (Å²) in [7, 11) is 0. The monoisotopic (exact) mass is 504 g/mol. The number of benzene rings is 3. The summed E-state index contributed by atoms with van der Waals surface area (Å²) in [6, 6.07) is 28.9. The molecular weight excluding hydrogens is 478 g/mol. The molecule has 0 aliphatic rings. The van der Waals surface area contributed by atoms with Gasteiger partial charge in [-0.15, -0.1) is 0 Å². The van der Waals surface area contributed by atoms with E-state index in [1.54, 1.807) is 0 Å². The van der Waals surface area contributed by atoms with E-state index >= 15 is 0 Å². The summed E-state index contributed by atoms with van der Waals surface area (Å²) >= 11 is 2.63. The summed E-state index contributed by atoms with van der Waals surface area (Å²) in [5, 5.41) is 3.51. The number of carbonyl (C=O) groups excluding carboxylic acids is 1. The molecule has 2 nitrogen and oxygen atoms in total. The molecule has 3 rings (SSSR count). The second-order valence-corrected chi connectivity index (χ2v) is 19.7. The SMILES string of the molecule is CC(C)(C)OC(=O)c1ccccc1P(C)(I)(c1ccccc1)c1ccccc1. The molecule has 3 aromatic carbocycles. The Labute approximate surface area is 180 Å².